The molecule has 1 heterocycles. The summed E-state index contributed by atoms with van der Waals surface area (Å²) in [5.41, 5.74) is -0.0562. The zero-order valence-corrected chi connectivity index (χ0v) is 8.10. The summed E-state index contributed by atoms with van der Waals surface area (Å²) >= 11 is 1.20. The van der Waals surface area contributed by atoms with Crippen LogP contribution in [-0.4, -0.2) is 15.8 Å². The molecule has 0 saturated carbocycles. The van der Waals surface area contributed by atoms with Crippen molar-refractivity contribution in [3.8, 4) is 0 Å². The van der Waals surface area contributed by atoms with Gasteiger partial charge >= 0.3 is 0 Å². The normalized spacial score (nSPS) is 11.2. The van der Waals surface area contributed by atoms with Crippen LogP contribution in [0.4, 0.5) is 5.13 Å². The average molecular weight is 185 g/mol. The first-order valence-electron chi connectivity index (χ1n) is 3.58. The van der Waals surface area contributed by atoms with Gasteiger partial charge in [0.1, 0.15) is 5.82 Å². The molecule has 1 rings (SSSR count). The lowest BCUT2D eigenvalue weighted by atomic mass is 9.96. The van der Waals surface area contributed by atoms with E-state index in [1.807, 2.05) is 20.8 Å². The molecule has 12 heavy (non-hydrogen) atoms. The average Bonchev–Trinajstić information content (AvgIpc) is 2.35. The van der Waals surface area contributed by atoms with Gasteiger partial charge in [0.05, 0.1) is 0 Å². The smallest absolute Gasteiger partial charge is 0.213 e. The van der Waals surface area contributed by atoms with Gasteiger partial charge in [0.2, 0.25) is 11.5 Å². The number of nitrogens with zero attached hydrogens (tertiary/aromatic N) is 2. The third kappa shape index (κ3) is 2.01. The number of aromatic nitrogens is 2. The molecule has 0 aliphatic heterocycles. The van der Waals surface area contributed by atoms with Crippen LogP contribution in [-0.2, 0) is 10.2 Å². The zero-order valence-electron chi connectivity index (χ0n) is 7.29. The fourth-order valence-electron chi connectivity index (χ4n) is 0.637. The maximum absolute atomic E-state index is 10.1. The van der Waals surface area contributed by atoms with Crippen LogP contribution in [0.2, 0.25) is 0 Å². The Morgan fingerprint density at radius 2 is 2.17 bits per heavy atom. The van der Waals surface area contributed by atoms with Crippen molar-refractivity contribution in [2.45, 2.75) is 26.2 Å². The molecule has 1 aromatic rings. The first-order valence-corrected chi connectivity index (χ1v) is 4.36. The number of anilines is 1. The van der Waals surface area contributed by atoms with Gasteiger partial charge in [-0.25, -0.2) is 4.98 Å². The van der Waals surface area contributed by atoms with Crippen LogP contribution >= 0.6 is 11.5 Å². The SMILES string of the molecule is CC(C)(C)c1nsc(NC=O)n1. The Morgan fingerprint density at radius 1 is 1.50 bits per heavy atom. The fraction of sp³-hybridized carbons (Fsp3) is 0.571. The van der Waals surface area contributed by atoms with Gasteiger partial charge in [0.15, 0.2) is 0 Å². The van der Waals surface area contributed by atoms with Crippen molar-refractivity contribution in [1.29, 1.82) is 0 Å². The summed E-state index contributed by atoms with van der Waals surface area (Å²) in [5.74, 6) is 0.761. The van der Waals surface area contributed by atoms with E-state index in [4.69, 9.17) is 0 Å². The van der Waals surface area contributed by atoms with Crippen molar-refractivity contribution < 1.29 is 4.79 Å². The predicted octanol–water partition coefficient (Wildman–Crippen LogP) is 1.40. The summed E-state index contributed by atoms with van der Waals surface area (Å²) in [5, 5.41) is 3.02. The van der Waals surface area contributed by atoms with E-state index in [1.54, 1.807) is 0 Å². The van der Waals surface area contributed by atoms with Crippen molar-refractivity contribution in [2.24, 2.45) is 0 Å². The van der Waals surface area contributed by atoms with Crippen molar-refractivity contribution in [2.75, 3.05) is 5.32 Å². The summed E-state index contributed by atoms with van der Waals surface area (Å²) in [6.45, 7) is 6.08. The largest absolute Gasteiger partial charge is 0.303 e. The number of carbonyl (C=O) groups is 1. The minimum atomic E-state index is -0.0562. The Morgan fingerprint density at radius 3 is 2.58 bits per heavy atom. The molecule has 0 bridgehead atoms. The highest BCUT2D eigenvalue weighted by molar-refractivity contribution is 7.09. The number of nitrogens with one attached hydrogen (secondary N) is 1. The maximum Gasteiger partial charge on any atom is 0.213 e. The minimum absolute atomic E-state index is 0.0562. The molecule has 0 fully saturated rings. The molecule has 4 nitrogen and oxygen atoms in total. The van der Waals surface area contributed by atoms with Crippen LogP contribution in [0, 0.1) is 0 Å². The Bertz CT molecular complexity index is 276. The van der Waals surface area contributed by atoms with E-state index in [1.165, 1.54) is 11.5 Å². The standard InChI is InChI=1S/C7H11N3OS/c1-7(2,3)5-9-6(8-4-11)12-10-5/h4H,1-3H3,(H,8,9,10,11). The van der Waals surface area contributed by atoms with E-state index in [0.29, 0.717) is 11.5 Å². The molecule has 0 radical (unpaired) electrons. The topological polar surface area (TPSA) is 54.9 Å². The van der Waals surface area contributed by atoms with E-state index in [2.05, 4.69) is 14.7 Å². The first kappa shape index (κ1) is 9.12. The number of amides is 1. The van der Waals surface area contributed by atoms with Gasteiger partial charge in [-0.15, -0.1) is 0 Å². The lowest BCUT2D eigenvalue weighted by molar-refractivity contribution is -0.105. The molecule has 1 aromatic heterocycles. The molecule has 0 aromatic carbocycles. The molecule has 1 N–H and O–H groups in total. The van der Waals surface area contributed by atoms with E-state index < -0.39 is 0 Å². The summed E-state index contributed by atoms with van der Waals surface area (Å²) in [6, 6.07) is 0. The molecule has 0 aliphatic rings. The fourth-order valence-corrected chi connectivity index (χ4v) is 1.35. The highest BCUT2D eigenvalue weighted by Gasteiger charge is 2.19. The van der Waals surface area contributed by atoms with Gasteiger partial charge in [-0.2, -0.15) is 4.37 Å². The predicted molar refractivity (Wildman–Crippen MR) is 48.3 cm³/mol. The van der Waals surface area contributed by atoms with Crippen LogP contribution in [0.5, 0.6) is 0 Å². The van der Waals surface area contributed by atoms with Crippen LogP contribution in [0.1, 0.15) is 26.6 Å². The van der Waals surface area contributed by atoms with Gasteiger partial charge in [-0.3, -0.25) is 4.79 Å². The second kappa shape index (κ2) is 3.18. The van der Waals surface area contributed by atoms with Crippen LogP contribution in [0.3, 0.4) is 0 Å². The molecule has 66 valence electrons. The Kier molecular flexibility index (Phi) is 2.42. The molecule has 1 amide bonds. The van der Waals surface area contributed by atoms with E-state index >= 15 is 0 Å². The minimum Gasteiger partial charge on any atom is -0.303 e. The summed E-state index contributed by atoms with van der Waals surface area (Å²) in [4.78, 5) is 14.2. The molecule has 0 saturated heterocycles. The Labute approximate surface area is 75.2 Å². The molecular weight excluding hydrogens is 174 g/mol. The van der Waals surface area contributed by atoms with Crippen molar-refractivity contribution in [3.05, 3.63) is 5.82 Å². The monoisotopic (exact) mass is 185 g/mol. The highest BCUT2D eigenvalue weighted by atomic mass is 32.1. The quantitative estimate of drug-likeness (QED) is 0.709. The lowest BCUT2D eigenvalue weighted by Crippen LogP contribution is -2.13. The van der Waals surface area contributed by atoms with Crippen LogP contribution in [0.15, 0.2) is 0 Å². The summed E-state index contributed by atoms with van der Waals surface area (Å²) in [7, 11) is 0. The van der Waals surface area contributed by atoms with Crippen LogP contribution in [0.25, 0.3) is 0 Å². The van der Waals surface area contributed by atoms with Crippen molar-refractivity contribution in [3.63, 3.8) is 0 Å². The maximum atomic E-state index is 10.1. The summed E-state index contributed by atoms with van der Waals surface area (Å²) in [6.07, 6.45) is 0.604. The molecular formula is C7H11N3OS. The number of rotatable bonds is 2. The molecule has 0 aliphatic carbocycles. The van der Waals surface area contributed by atoms with Gasteiger partial charge < -0.3 is 5.32 Å². The van der Waals surface area contributed by atoms with Crippen molar-refractivity contribution in [1.82, 2.24) is 9.36 Å². The second-order valence-electron chi connectivity index (χ2n) is 3.44. The molecule has 0 atom stereocenters. The Balaban J connectivity index is 2.84. The third-order valence-corrected chi connectivity index (χ3v) is 1.93. The van der Waals surface area contributed by atoms with Gasteiger partial charge in [-0.1, -0.05) is 20.8 Å². The van der Waals surface area contributed by atoms with Crippen LogP contribution < -0.4 is 5.32 Å². The van der Waals surface area contributed by atoms with Gasteiger partial charge in [0.25, 0.3) is 0 Å². The molecule has 0 unspecified atom stereocenters. The number of hydrogen-bond acceptors (Lipinski definition) is 4. The molecule has 5 heteroatoms. The number of hydrogen-bond donors (Lipinski definition) is 1. The van der Waals surface area contributed by atoms with E-state index in [9.17, 15) is 4.79 Å². The second-order valence-corrected chi connectivity index (χ2v) is 4.19. The van der Waals surface area contributed by atoms with E-state index in [-0.39, 0.29) is 5.41 Å². The van der Waals surface area contributed by atoms with Crippen molar-refractivity contribution >= 4 is 23.1 Å². The summed E-state index contributed by atoms with van der Waals surface area (Å²) < 4.78 is 4.12. The third-order valence-electron chi connectivity index (χ3n) is 1.28. The Hall–Kier alpha value is -0.970. The first-order chi connectivity index (χ1) is 5.54. The lowest BCUT2D eigenvalue weighted by Gasteiger charge is -2.11. The molecule has 0 spiro atoms. The highest BCUT2D eigenvalue weighted by Crippen LogP contribution is 2.22. The van der Waals surface area contributed by atoms with Gasteiger partial charge in [0, 0.05) is 16.9 Å². The van der Waals surface area contributed by atoms with E-state index in [0.717, 1.165) is 5.82 Å². The number of carbonyl (C=O) groups excluding carboxylic acids is 1. The zero-order chi connectivity index (χ0) is 9.19. The van der Waals surface area contributed by atoms with Gasteiger partial charge in [-0.05, 0) is 0 Å².